The molecule has 1 saturated heterocycles. The van der Waals surface area contributed by atoms with Crippen molar-refractivity contribution in [3.8, 4) is 51.7 Å². The average molecular weight is 913 g/mol. The molecule has 3 aliphatic rings. The molecule has 3 aliphatic heterocycles. The average Bonchev–Trinajstić information content (AvgIpc) is 3.88. The first-order valence-electron chi connectivity index (χ1n) is 23.0. The van der Waals surface area contributed by atoms with Crippen LogP contribution in [0.15, 0.2) is 65.5 Å². The maximum absolute atomic E-state index is 14.2. The van der Waals surface area contributed by atoms with Crippen molar-refractivity contribution in [3.63, 3.8) is 0 Å². The third kappa shape index (κ3) is 8.20. The van der Waals surface area contributed by atoms with Crippen LogP contribution in [0.2, 0.25) is 0 Å². The van der Waals surface area contributed by atoms with E-state index in [1.165, 1.54) is 15.5 Å². The van der Waals surface area contributed by atoms with Gasteiger partial charge in [-0.3, -0.25) is 14.5 Å². The molecular weight excluding hydrogens is 857 g/mol. The minimum Gasteiger partial charge on any atom is -0.508 e. The lowest BCUT2D eigenvalue weighted by molar-refractivity contribution is -0.155. The Morgan fingerprint density at radius 3 is 2.33 bits per heavy atom. The maximum atomic E-state index is 14.2. The summed E-state index contributed by atoms with van der Waals surface area (Å²) >= 11 is 0. The quantitative estimate of drug-likeness (QED) is 0.0584. The number of amides is 1. The Hall–Kier alpha value is -6.98. The lowest BCUT2D eigenvalue weighted by Gasteiger charge is -2.39. The summed E-state index contributed by atoms with van der Waals surface area (Å²) in [5.41, 5.74) is 5.69. The number of cyclic esters (lactones) is 1. The topological polar surface area (TPSA) is 220 Å². The number of rotatable bonds is 14. The number of pyridine rings is 2. The smallest absolute Gasteiger partial charge is 0.407 e. The van der Waals surface area contributed by atoms with Crippen molar-refractivity contribution in [3.05, 3.63) is 104 Å². The van der Waals surface area contributed by atoms with Gasteiger partial charge in [0.25, 0.3) is 5.56 Å². The molecule has 6 heterocycles. The summed E-state index contributed by atoms with van der Waals surface area (Å²) in [7, 11) is 0. The van der Waals surface area contributed by atoms with Crippen molar-refractivity contribution in [2.45, 2.75) is 84.4 Å². The first-order valence-corrected chi connectivity index (χ1v) is 23.0. The number of carbonyl (C=O) groups excluding carboxylic acids is 1. The number of unbranched alkanes of at least 4 members (excludes halogenated alkanes) is 1. The normalized spacial score (nSPS) is 17.1. The van der Waals surface area contributed by atoms with Crippen LogP contribution in [0.3, 0.4) is 0 Å². The fourth-order valence-electron chi connectivity index (χ4n) is 10.2. The van der Waals surface area contributed by atoms with Gasteiger partial charge in [0.1, 0.15) is 29.3 Å². The highest BCUT2D eigenvalue weighted by atomic mass is 16.5. The van der Waals surface area contributed by atoms with Gasteiger partial charge in [0, 0.05) is 62.8 Å². The van der Waals surface area contributed by atoms with E-state index in [0.29, 0.717) is 64.2 Å². The molecular formula is C50H56N8O9. The number of phenols is 3. The van der Waals surface area contributed by atoms with Gasteiger partial charge in [-0.25, -0.2) is 14.3 Å². The van der Waals surface area contributed by atoms with Crippen molar-refractivity contribution in [1.29, 1.82) is 0 Å². The Balaban J connectivity index is 0.818. The lowest BCUT2D eigenvalue weighted by Crippen LogP contribution is -2.52. The highest BCUT2D eigenvalue weighted by Crippen LogP contribution is 2.43. The van der Waals surface area contributed by atoms with Crippen LogP contribution in [0.1, 0.15) is 86.3 Å². The number of aromatic nitrogens is 5. The Morgan fingerprint density at radius 2 is 1.63 bits per heavy atom. The maximum Gasteiger partial charge on any atom is 0.407 e. The summed E-state index contributed by atoms with van der Waals surface area (Å²) in [6, 6.07) is 17.2. The van der Waals surface area contributed by atoms with E-state index < -0.39 is 17.5 Å². The van der Waals surface area contributed by atoms with Crippen molar-refractivity contribution in [2.75, 3.05) is 45.8 Å². The van der Waals surface area contributed by atoms with Gasteiger partial charge in [-0.1, -0.05) is 44.9 Å². The number of esters is 1. The molecule has 0 radical (unpaired) electrons. The van der Waals surface area contributed by atoms with E-state index in [1.807, 2.05) is 58.0 Å². The third-order valence-corrected chi connectivity index (χ3v) is 14.0. The molecule has 9 rings (SSSR count). The molecule has 1 atom stereocenters. The molecule has 3 aromatic heterocycles. The van der Waals surface area contributed by atoms with E-state index in [2.05, 4.69) is 20.0 Å². The number of hydrogen-bond donors (Lipinski definition) is 5. The standard InChI is InChI=1S/C50H56N8O9/c1-5-33-35-21-32(59)13-14-40(35)51-44-37(33)26-57-41(44)23-39-38(46(57)62)27-67-47(63)50(39,6-2)28-56(49(65)66)16-8-7-15-54-17-19-55(20-18-54)25-30-9-11-31(12-10-30)58-45(52-53-48(58)64)36-22-34(29(3)4)42(60)24-43(36)61/h9-14,21-24,29,59-61H,5-8,15-20,25-28H2,1-4H3,(H,53,64)(H,65,66). The number of aryl methyl sites for hydroxylation is 1. The predicted octanol–water partition coefficient (Wildman–Crippen LogP) is 6.46. The van der Waals surface area contributed by atoms with E-state index in [-0.39, 0.29) is 66.7 Å². The molecule has 3 aromatic carbocycles. The second-order valence-corrected chi connectivity index (χ2v) is 18.2. The van der Waals surface area contributed by atoms with Gasteiger partial charge in [0.2, 0.25) is 0 Å². The van der Waals surface area contributed by atoms with Crippen LogP contribution in [0.25, 0.3) is 39.4 Å². The van der Waals surface area contributed by atoms with Crippen molar-refractivity contribution < 1.29 is 39.9 Å². The van der Waals surface area contributed by atoms with E-state index >= 15 is 0 Å². The van der Waals surface area contributed by atoms with E-state index in [0.717, 1.165) is 67.8 Å². The molecule has 1 amide bonds. The van der Waals surface area contributed by atoms with Crippen LogP contribution < -0.4 is 5.56 Å². The number of benzene rings is 3. The van der Waals surface area contributed by atoms with Gasteiger partial charge in [-0.15, -0.1) is 5.10 Å². The third-order valence-electron chi connectivity index (χ3n) is 14.0. The van der Waals surface area contributed by atoms with E-state index in [1.54, 1.807) is 28.8 Å². The number of carbonyl (C=O) groups is 2. The van der Waals surface area contributed by atoms with Gasteiger partial charge >= 0.3 is 18.1 Å². The zero-order valence-corrected chi connectivity index (χ0v) is 38.2. The second-order valence-electron chi connectivity index (χ2n) is 18.2. The molecule has 0 bridgehead atoms. The highest BCUT2D eigenvalue weighted by molar-refractivity contribution is 5.90. The van der Waals surface area contributed by atoms with Crippen LogP contribution in [0.5, 0.6) is 23.3 Å². The molecule has 1 fully saturated rings. The van der Waals surface area contributed by atoms with Crippen LogP contribution in [-0.2, 0) is 41.1 Å². The van der Waals surface area contributed by atoms with Crippen molar-refractivity contribution in [1.82, 2.24) is 39.0 Å². The number of phenolic OH excluding ortho intramolecular Hbond substituents is 3. The number of fused-ring (bicyclic) bond motifs is 5. The zero-order chi connectivity index (χ0) is 47.3. The SMILES string of the molecule is CCc1c2c(nc3ccc(O)cc13)-c1cc3c(c(=O)n1C2)COC(=O)C3(CC)CN(CCCCN1CCN(Cc2ccc(-n3c(O)nnc3-c3cc(C(C)C)c(O)cc3O)cc2)CC1)C(=O)O. The van der Waals surface area contributed by atoms with Crippen molar-refractivity contribution >= 4 is 23.0 Å². The monoisotopic (exact) mass is 912 g/mol. The largest absolute Gasteiger partial charge is 0.508 e. The predicted molar refractivity (Wildman–Crippen MR) is 250 cm³/mol. The van der Waals surface area contributed by atoms with E-state index in [9.17, 15) is 39.9 Å². The second kappa shape index (κ2) is 18.0. The molecule has 1 unspecified atom stereocenters. The Kier molecular flexibility index (Phi) is 12.1. The number of hydrogen-bond acceptors (Lipinski definition) is 13. The lowest BCUT2D eigenvalue weighted by atomic mass is 9.74. The van der Waals surface area contributed by atoms with Gasteiger partial charge < -0.3 is 44.6 Å². The van der Waals surface area contributed by atoms with Crippen LogP contribution in [-0.4, -0.2) is 122 Å². The Bertz CT molecular complexity index is 2960. The number of aromatic hydroxyl groups is 4. The van der Waals surface area contributed by atoms with Crippen LogP contribution >= 0.6 is 0 Å². The molecule has 0 saturated carbocycles. The molecule has 17 nitrogen and oxygen atoms in total. The number of ether oxygens (including phenoxy) is 1. The summed E-state index contributed by atoms with van der Waals surface area (Å²) in [6.45, 7) is 12.8. The zero-order valence-electron chi connectivity index (χ0n) is 38.2. The summed E-state index contributed by atoms with van der Waals surface area (Å²) in [5.74, 6) is -0.368. The molecule has 350 valence electrons. The summed E-state index contributed by atoms with van der Waals surface area (Å²) in [6.07, 6.45) is 1.09. The molecule has 67 heavy (non-hydrogen) atoms. The minimum absolute atomic E-state index is 0.0113. The fourth-order valence-corrected chi connectivity index (χ4v) is 10.2. The van der Waals surface area contributed by atoms with Crippen LogP contribution in [0.4, 0.5) is 4.79 Å². The number of nitrogens with zero attached hydrogens (tertiary/aromatic N) is 8. The van der Waals surface area contributed by atoms with Crippen LogP contribution in [0, 0.1) is 0 Å². The number of piperazine rings is 1. The van der Waals surface area contributed by atoms with Gasteiger partial charge in [0.15, 0.2) is 5.82 Å². The Labute approximate surface area is 387 Å². The highest BCUT2D eigenvalue weighted by Gasteiger charge is 2.49. The summed E-state index contributed by atoms with van der Waals surface area (Å²) in [5, 5.41) is 61.2. The summed E-state index contributed by atoms with van der Waals surface area (Å²) < 4.78 is 8.81. The molecule has 17 heteroatoms. The van der Waals surface area contributed by atoms with Gasteiger partial charge in [0.05, 0.1) is 40.3 Å². The van der Waals surface area contributed by atoms with E-state index in [4.69, 9.17) is 9.72 Å². The fraction of sp³-hybridized carbons (Fsp3) is 0.400. The molecule has 6 aromatic rings. The molecule has 5 N–H and O–H groups in total. The Morgan fingerprint density at radius 1 is 0.881 bits per heavy atom. The van der Waals surface area contributed by atoms with Gasteiger partial charge in [-0.2, -0.15) is 0 Å². The molecule has 0 aliphatic carbocycles. The summed E-state index contributed by atoms with van der Waals surface area (Å²) in [4.78, 5) is 51.9. The molecule has 0 spiro atoms. The first-order chi connectivity index (χ1) is 32.2. The minimum atomic E-state index is -1.38. The van der Waals surface area contributed by atoms with Crippen molar-refractivity contribution in [2.24, 2.45) is 0 Å². The number of carboxylic acid groups (broad SMARTS) is 1. The van der Waals surface area contributed by atoms with Gasteiger partial charge in [-0.05, 0) is 103 Å². The first kappa shape index (κ1) is 45.2.